The summed E-state index contributed by atoms with van der Waals surface area (Å²) in [6, 6.07) is 11.3. The highest BCUT2D eigenvalue weighted by Gasteiger charge is 2.27. The molecule has 0 spiro atoms. The lowest BCUT2D eigenvalue weighted by Crippen LogP contribution is -2.47. The van der Waals surface area contributed by atoms with Crippen molar-refractivity contribution in [1.82, 2.24) is 9.80 Å². The number of hydrogen-bond acceptors (Lipinski definition) is 4. The van der Waals surface area contributed by atoms with Gasteiger partial charge in [-0.1, -0.05) is 12.1 Å². The quantitative estimate of drug-likeness (QED) is 0.451. The van der Waals surface area contributed by atoms with E-state index in [0.29, 0.717) is 30.4 Å². The second-order valence-corrected chi connectivity index (χ2v) is 8.53. The Morgan fingerprint density at radius 2 is 1.75 bits per heavy atom. The van der Waals surface area contributed by atoms with Gasteiger partial charge >= 0.3 is 6.03 Å². The predicted molar refractivity (Wildman–Crippen MR) is 125 cm³/mol. The van der Waals surface area contributed by atoms with Gasteiger partial charge in [-0.05, 0) is 54.8 Å². The van der Waals surface area contributed by atoms with Crippen LogP contribution in [0.4, 0.5) is 23.7 Å². The number of nitrogens with one attached hydrogen (secondary N) is 1. The van der Waals surface area contributed by atoms with E-state index in [1.165, 1.54) is 28.2 Å². The molecule has 2 heterocycles. The Morgan fingerprint density at radius 3 is 2.42 bits per heavy atom. The third kappa shape index (κ3) is 6.88. The van der Waals surface area contributed by atoms with Crippen molar-refractivity contribution in [2.45, 2.75) is 32.0 Å². The highest BCUT2D eigenvalue weighted by atomic mass is 19.1. The predicted octanol–water partition coefficient (Wildman–Crippen LogP) is 4.94. The molecule has 7 nitrogen and oxygen atoms in total. The molecule has 190 valence electrons. The second-order valence-electron chi connectivity index (χ2n) is 8.53. The maximum absolute atomic E-state index is 14.1. The van der Waals surface area contributed by atoms with Crippen LogP contribution >= 0.6 is 0 Å². The fourth-order valence-corrected chi connectivity index (χ4v) is 3.93. The molecular formula is C26H26F3N3O4. The average Bonchev–Trinajstić information content (AvgIpc) is 3.56. The maximum atomic E-state index is 14.1. The van der Waals surface area contributed by atoms with Gasteiger partial charge < -0.3 is 24.3 Å². The first-order valence-corrected chi connectivity index (χ1v) is 11.5. The summed E-state index contributed by atoms with van der Waals surface area (Å²) in [6.45, 7) is 0.630. The van der Waals surface area contributed by atoms with Crippen molar-refractivity contribution in [3.63, 3.8) is 0 Å². The fourth-order valence-electron chi connectivity index (χ4n) is 3.93. The zero-order valence-corrected chi connectivity index (χ0v) is 19.5. The van der Waals surface area contributed by atoms with Crippen molar-refractivity contribution in [1.29, 1.82) is 0 Å². The SMILES string of the molecule is O=C(CN(CC1CCCO1)C(=O)Nc1ccc(F)cc1F)N(Cc1ccc(F)cc1)Cc1ccco1. The van der Waals surface area contributed by atoms with Crippen LogP contribution in [0.2, 0.25) is 0 Å². The fraction of sp³-hybridized carbons (Fsp3) is 0.308. The van der Waals surface area contributed by atoms with Gasteiger partial charge in [-0.3, -0.25) is 4.79 Å². The van der Waals surface area contributed by atoms with Gasteiger partial charge in [0.05, 0.1) is 24.6 Å². The molecule has 1 fully saturated rings. The van der Waals surface area contributed by atoms with Crippen molar-refractivity contribution in [3.8, 4) is 0 Å². The van der Waals surface area contributed by atoms with Gasteiger partial charge in [0.1, 0.15) is 29.8 Å². The van der Waals surface area contributed by atoms with Crippen molar-refractivity contribution in [2.75, 3.05) is 25.0 Å². The van der Waals surface area contributed by atoms with Gasteiger partial charge in [0, 0.05) is 25.8 Å². The van der Waals surface area contributed by atoms with Gasteiger partial charge in [0.2, 0.25) is 5.91 Å². The molecule has 2 aromatic carbocycles. The lowest BCUT2D eigenvalue weighted by Gasteiger charge is -2.29. The monoisotopic (exact) mass is 501 g/mol. The molecule has 36 heavy (non-hydrogen) atoms. The van der Waals surface area contributed by atoms with E-state index in [0.717, 1.165) is 18.6 Å². The van der Waals surface area contributed by atoms with Crippen molar-refractivity contribution in [2.24, 2.45) is 0 Å². The molecule has 1 unspecified atom stereocenters. The van der Waals surface area contributed by atoms with E-state index < -0.39 is 29.4 Å². The standard InChI is InChI=1S/C26H26F3N3O4/c27-19-7-5-18(6-8-19)14-31(15-21-3-1-11-35-21)25(33)17-32(16-22-4-2-12-36-22)26(34)30-24-10-9-20(28)13-23(24)29/h1,3,5-11,13,22H,2,4,12,14-17H2,(H,30,34). The van der Waals surface area contributed by atoms with Crippen LogP contribution in [-0.4, -0.2) is 47.5 Å². The van der Waals surface area contributed by atoms with Gasteiger partial charge in [-0.15, -0.1) is 0 Å². The largest absolute Gasteiger partial charge is 0.467 e. The molecule has 0 saturated carbocycles. The molecule has 1 aromatic heterocycles. The Bertz CT molecular complexity index is 1170. The third-order valence-electron chi connectivity index (χ3n) is 5.80. The first kappa shape index (κ1) is 25.3. The summed E-state index contributed by atoms with van der Waals surface area (Å²) in [5.41, 5.74) is 0.491. The van der Waals surface area contributed by atoms with Crippen LogP contribution in [0.5, 0.6) is 0 Å². The van der Waals surface area contributed by atoms with Crippen LogP contribution < -0.4 is 5.32 Å². The number of rotatable bonds is 9. The van der Waals surface area contributed by atoms with Gasteiger partial charge in [-0.2, -0.15) is 0 Å². The van der Waals surface area contributed by atoms with E-state index in [2.05, 4.69) is 5.32 Å². The Kier molecular flexibility index (Phi) is 8.27. The molecule has 4 rings (SSSR count). The maximum Gasteiger partial charge on any atom is 0.322 e. The molecule has 1 N–H and O–H groups in total. The number of amides is 3. The third-order valence-corrected chi connectivity index (χ3v) is 5.80. The van der Waals surface area contributed by atoms with Crippen LogP contribution in [0.15, 0.2) is 65.3 Å². The summed E-state index contributed by atoms with van der Waals surface area (Å²) < 4.78 is 51.8. The molecule has 10 heteroatoms. The molecule has 3 amide bonds. The van der Waals surface area contributed by atoms with E-state index in [1.807, 2.05) is 0 Å². The topological polar surface area (TPSA) is 75.0 Å². The number of urea groups is 1. The molecule has 1 aliphatic rings. The van der Waals surface area contributed by atoms with E-state index in [-0.39, 0.29) is 38.0 Å². The Morgan fingerprint density at radius 1 is 0.972 bits per heavy atom. The Labute approximate surface area is 206 Å². The zero-order valence-electron chi connectivity index (χ0n) is 19.5. The van der Waals surface area contributed by atoms with Crippen molar-refractivity contribution in [3.05, 3.63) is 89.6 Å². The summed E-state index contributed by atoms with van der Waals surface area (Å²) in [7, 11) is 0. The number of halogens is 3. The van der Waals surface area contributed by atoms with Crippen molar-refractivity contribution >= 4 is 17.6 Å². The Balaban J connectivity index is 1.52. The van der Waals surface area contributed by atoms with Gasteiger partial charge in [0.25, 0.3) is 0 Å². The number of nitrogens with zero attached hydrogens (tertiary/aromatic N) is 2. The molecular weight excluding hydrogens is 475 g/mol. The smallest absolute Gasteiger partial charge is 0.322 e. The lowest BCUT2D eigenvalue weighted by molar-refractivity contribution is -0.133. The number of anilines is 1. The van der Waals surface area contributed by atoms with E-state index in [9.17, 15) is 22.8 Å². The van der Waals surface area contributed by atoms with Crippen LogP contribution in [0.1, 0.15) is 24.2 Å². The number of ether oxygens (including phenoxy) is 1. The minimum atomic E-state index is -0.928. The van der Waals surface area contributed by atoms with E-state index >= 15 is 0 Å². The second kappa shape index (κ2) is 11.8. The normalized spacial score (nSPS) is 15.0. The Hall–Kier alpha value is -3.79. The highest BCUT2D eigenvalue weighted by Crippen LogP contribution is 2.19. The molecule has 0 radical (unpaired) electrons. The molecule has 1 atom stereocenters. The molecule has 1 aliphatic heterocycles. The molecule has 1 saturated heterocycles. The van der Waals surface area contributed by atoms with Gasteiger partial charge in [0.15, 0.2) is 0 Å². The van der Waals surface area contributed by atoms with Crippen LogP contribution in [-0.2, 0) is 22.6 Å². The minimum absolute atomic E-state index is 0.117. The molecule has 0 bridgehead atoms. The lowest BCUT2D eigenvalue weighted by atomic mass is 10.2. The first-order chi connectivity index (χ1) is 17.4. The number of carbonyl (C=O) groups excluding carboxylic acids is 2. The number of furan rings is 1. The van der Waals surface area contributed by atoms with Crippen LogP contribution in [0.25, 0.3) is 0 Å². The van der Waals surface area contributed by atoms with E-state index in [4.69, 9.17) is 9.15 Å². The minimum Gasteiger partial charge on any atom is -0.467 e. The number of hydrogen-bond donors (Lipinski definition) is 1. The molecule has 0 aliphatic carbocycles. The summed E-state index contributed by atoms with van der Waals surface area (Å²) in [5, 5.41) is 2.42. The summed E-state index contributed by atoms with van der Waals surface area (Å²) in [6.07, 6.45) is 2.77. The zero-order chi connectivity index (χ0) is 25.5. The summed E-state index contributed by atoms with van der Waals surface area (Å²) in [4.78, 5) is 29.2. The first-order valence-electron chi connectivity index (χ1n) is 11.5. The van der Waals surface area contributed by atoms with E-state index in [1.54, 1.807) is 24.3 Å². The number of carbonyl (C=O) groups is 2. The molecule has 3 aromatic rings. The number of benzene rings is 2. The summed E-state index contributed by atoms with van der Waals surface area (Å²) >= 11 is 0. The van der Waals surface area contributed by atoms with Crippen LogP contribution in [0.3, 0.4) is 0 Å². The van der Waals surface area contributed by atoms with Crippen molar-refractivity contribution < 1.29 is 31.9 Å². The highest BCUT2D eigenvalue weighted by molar-refractivity contribution is 5.92. The summed E-state index contributed by atoms with van der Waals surface area (Å²) in [5.74, 6) is -1.96. The average molecular weight is 502 g/mol. The van der Waals surface area contributed by atoms with Gasteiger partial charge in [-0.25, -0.2) is 18.0 Å². The van der Waals surface area contributed by atoms with Crippen LogP contribution in [0, 0.1) is 17.5 Å².